The highest BCUT2D eigenvalue weighted by molar-refractivity contribution is 14.0. The van der Waals surface area contributed by atoms with Crippen LogP contribution in [-0.2, 0) is 11.3 Å². The van der Waals surface area contributed by atoms with Gasteiger partial charge in [-0.3, -0.25) is 14.6 Å². The maximum Gasteiger partial charge on any atom is 0.284 e. The van der Waals surface area contributed by atoms with Gasteiger partial charge in [-0.15, -0.1) is 24.0 Å². The van der Waals surface area contributed by atoms with E-state index in [2.05, 4.69) is 24.2 Å². The van der Waals surface area contributed by atoms with Crippen molar-refractivity contribution in [3.05, 3.63) is 23.7 Å². The van der Waals surface area contributed by atoms with E-state index in [1.807, 2.05) is 23.6 Å². The van der Waals surface area contributed by atoms with E-state index in [1.54, 1.807) is 13.1 Å². The molecule has 1 fully saturated rings. The monoisotopic (exact) mass is 477 g/mol. The lowest BCUT2D eigenvalue weighted by Gasteiger charge is -2.49. The number of nitrogens with zero attached hydrogens (tertiary/aromatic N) is 3. The number of nitrogens with one attached hydrogen (secondary N) is 1. The van der Waals surface area contributed by atoms with E-state index in [-0.39, 0.29) is 53.8 Å². The van der Waals surface area contributed by atoms with Gasteiger partial charge >= 0.3 is 0 Å². The Morgan fingerprint density at radius 1 is 1.42 bits per heavy atom. The predicted molar refractivity (Wildman–Crippen MR) is 110 cm³/mol. The lowest BCUT2D eigenvalue weighted by molar-refractivity contribution is -0.145. The summed E-state index contributed by atoms with van der Waals surface area (Å²) in [6, 6.07) is 3.37. The van der Waals surface area contributed by atoms with E-state index < -0.39 is 5.91 Å². The van der Waals surface area contributed by atoms with Gasteiger partial charge in [-0.05, 0) is 39.8 Å². The number of nitrogens with two attached hydrogens (primary N) is 1. The fourth-order valence-electron chi connectivity index (χ4n) is 3.42. The fraction of sp³-hybridized carbons (Fsp3) is 0.588. The summed E-state index contributed by atoms with van der Waals surface area (Å²) < 4.78 is 5.35. The summed E-state index contributed by atoms with van der Waals surface area (Å²) in [4.78, 5) is 31.8. The van der Waals surface area contributed by atoms with Crippen molar-refractivity contribution in [1.29, 1.82) is 0 Å². The summed E-state index contributed by atoms with van der Waals surface area (Å²) in [5, 5.41) is 3.17. The van der Waals surface area contributed by atoms with E-state index in [4.69, 9.17) is 10.2 Å². The molecular weight excluding hydrogens is 449 g/mol. The van der Waals surface area contributed by atoms with Crippen LogP contribution in [0.3, 0.4) is 0 Å². The molecule has 0 aromatic carbocycles. The minimum Gasteiger partial charge on any atom is -0.454 e. The Kier molecular flexibility index (Phi) is 7.48. The molecule has 1 aromatic rings. The van der Waals surface area contributed by atoms with Gasteiger partial charge in [0.25, 0.3) is 5.91 Å². The van der Waals surface area contributed by atoms with Crippen molar-refractivity contribution in [1.82, 2.24) is 15.1 Å². The van der Waals surface area contributed by atoms with Gasteiger partial charge in [-0.1, -0.05) is 0 Å². The summed E-state index contributed by atoms with van der Waals surface area (Å²) in [6.07, 6.45) is 0. The van der Waals surface area contributed by atoms with Crippen LogP contribution >= 0.6 is 24.0 Å². The van der Waals surface area contributed by atoms with Gasteiger partial charge in [0.1, 0.15) is 5.76 Å². The third kappa shape index (κ3) is 4.89. The molecule has 2 heterocycles. The molecule has 2 rings (SSSR count). The van der Waals surface area contributed by atoms with Crippen molar-refractivity contribution < 1.29 is 14.0 Å². The van der Waals surface area contributed by atoms with Crippen molar-refractivity contribution in [2.45, 2.75) is 45.8 Å². The Balaban J connectivity index is 0.00000338. The Labute approximate surface area is 171 Å². The second-order valence-electron chi connectivity index (χ2n) is 7.06. The second kappa shape index (κ2) is 8.74. The number of halogens is 1. The van der Waals surface area contributed by atoms with Crippen LogP contribution in [0.1, 0.15) is 44.0 Å². The average molecular weight is 477 g/mol. The zero-order chi connectivity index (χ0) is 18.8. The smallest absolute Gasteiger partial charge is 0.284 e. The minimum absolute atomic E-state index is 0. The topological polar surface area (TPSA) is 104 Å². The number of piperazine rings is 1. The molecule has 0 unspecified atom stereocenters. The molecule has 9 heteroatoms. The summed E-state index contributed by atoms with van der Waals surface area (Å²) in [5.74, 6) is 0.771. The number of hydrogen-bond acceptors (Lipinski definition) is 4. The number of amides is 2. The maximum absolute atomic E-state index is 12.6. The average Bonchev–Trinajstić information content (AvgIpc) is 2.94. The molecule has 1 aliphatic rings. The molecule has 26 heavy (non-hydrogen) atoms. The summed E-state index contributed by atoms with van der Waals surface area (Å²) in [5.41, 5.74) is 4.88. The minimum atomic E-state index is -0.604. The van der Waals surface area contributed by atoms with E-state index >= 15 is 0 Å². The molecule has 0 atom stereocenters. The van der Waals surface area contributed by atoms with Gasteiger partial charge < -0.3 is 25.3 Å². The van der Waals surface area contributed by atoms with Crippen LogP contribution in [0.5, 0.6) is 0 Å². The van der Waals surface area contributed by atoms with Crippen LogP contribution in [0.2, 0.25) is 0 Å². The van der Waals surface area contributed by atoms with Crippen LogP contribution in [0, 0.1) is 0 Å². The normalized spacial score (nSPS) is 17.3. The van der Waals surface area contributed by atoms with Gasteiger partial charge in [-0.25, -0.2) is 0 Å². The standard InChI is InChI=1S/C17H27N5O3.HI/c1-11(2)22-14(23)9-21(10-17(22,3)4)16(19-5)20-8-12-6-7-13(25-12)15(18)24;/h6-7,11H,8-10H2,1-5H3,(H2,18,24)(H,19,20);1H. The first-order valence-corrected chi connectivity index (χ1v) is 8.32. The SMILES string of the molecule is CN=C(NCc1ccc(C(N)=O)o1)N1CC(=O)N(C(C)C)C(C)(C)C1.I. The molecule has 146 valence electrons. The van der Waals surface area contributed by atoms with Gasteiger partial charge in [0, 0.05) is 19.6 Å². The summed E-state index contributed by atoms with van der Waals surface area (Å²) in [6.45, 7) is 9.43. The van der Waals surface area contributed by atoms with Crippen LogP contribution in [0.4, 0.5) is 0 Å². The highest BCUT2D eigenvalue weighted by Gasteiger charge is 2.40. The number of aliphatic imine (C=N–C) groups is 1. The van der Waals surface area contributed by atoms with Crippen molar-refractivity contribution >= 4 is 41.8 Å². The zero-order valence-corrected chi connectivity index (χ0v) is 18.2. The quantitative estimate of drug-likeness (QED) is 0.388. The highest BCUT2D eigenvalue weighted by atomic mass is 127. The number of carbonyl (C=O) groups excluding carboxylic acids is 2. The summed E-state index contributed by atoms with van der Waals surface area (Å²) >= 11 is 0. The molecular formula is C17H28IN5O3. The van der Waals surface area contributed by atoms with Gasteiger partial charge in [0.05, 0.1) is 18.6 Å². The first-order chi connectivity index (χ1) is 11.7. The van der Waals surface area contributed by atoms with Crippen molar-refractivity contribution in [2.24, 2.45) is 10.7 Å². The van der Waals surface area contributed by atoms with Crippen LogP contribution in [0.25, 0.3) is 0 Å². The number of primary amides is 1. The maximum atomic E-state index is 12.6. The fourth-order valence-corrected chi connectivity index (χ4v) is 3.42. The number of furan rings is 1. The van der Waals surface area contributed by atoms with E-state index in [1.165, 1.54) is 6.07 Å². The van der Waals surface area contributed by atoms with Crippen LogP contribution in [0.15, 0.2) is 21.5 Å². The van der Waals surface area contributed by atoms with Gasteiger partial charge in [0.15, 0.2) is 11.7 Å². The first kappa shape index (κ1) is 22.3. The Bertz CT molecular complexity index is 684. The van der Waals surface area contributed by atoms with Crippen LogP contribution < -0.4 is 11.1 Å². The molecule has 0 saturated carbocycles. The molecule has 0 radical (unpaired) electrons. The third-order valence-corrected chi connectivity index (χ3v) is 4.18. The number of guanidine groups is 1. The van der Waals surface area contributed by atoms with Crippen molar-refractivity contribution in [3.8, 4) is 0 Å². The van der Waals surface area contributed by atoms with E-state index in [0.29, 0.717) is 24.8 Å². The zero-order valence-electron chi connectivity index (χ0n) is 15.9. The second-order valence-corrected chi connectivity index (χ2v) is 7.06. The molecule has 0 bridgehead atoms. The summed E-state index contributed by atoms with van der Waals surface area (Å²) in [7, 11) is 1.67. The molecule has 0 spiro atoms. The number of hydrogen-bond donors (Lipinski definition) is 2. The Hall–Kier alpha value is -1.78. The molecule has 1 saturated heterocycles. The largest absolute Gasteiger partial charge is 0.454 e. The predicted octanol–water partition coefficient (Wildman–Crippen LogP) is 1.40. The van der Waals surface area contributed by atoms with Crippen molar-refractivity contribution in [3.63, 3.8) is 0 Å². The number of rotatable bonds is 4. The van der Waals surface area contributed by atoms with Crippen LogP contribution in [-0.4, -0.2) is 59.3 Å². The Morgan fingerprint density at radius 3 is 2.54 bits per heavy atom. The van der Waals surface area contributed by atoms with E-state index in [9.17, 15) is 9.59 Å². The molecule has 0 aliphatic carbocycles. The third-order valence-electron chi connectivity index (χ3n) is 4.18. The molecule has 2 amide bonds. The molecule has 1 aliphatic heterocycles. The number of carbonyl (C=O) groups is 2. The lowest BCUT2D eigenvalue weighted by atomic mass is 9.96. The molecule has 1 aromatic heterocycles. The molecule has 3 N–H and O–H groups in total. The van der Waals surface area contributed by atoms with Gasteiger partial charge in [0.2, 0.25) is 5.91 Å². The molecule has 8 nitrogen and oxygen atoms in total. The Morgan fingerprint density at radius 2 is 2.08 bits per heavy atom. The van der Waals surface area contributed by atoms with E-state index in [0.717, 1.165) is 0 Å². The van der Waals surface area contributed by atoms with Crippen molar-refractivity contribution in [2.75, 3.05) is 20.1 Å². The van der Waals surface area contributed by atoms with Gasteiger partial charge in [-0.2, -0.15) is 0 Å². The first-order valence-electron chi connectivity index (χ1n) is 8.32. The highest BCUT2D eigenvalue weighted by Crippen LogP contribution is 2.24. The lowest BCUT2D eigenvalue weighted by Crippen LogP contribution is -2.66.